The molecule has 0 unspecified atom stereocenters. The van der Waals surface area contributed by atoms with E-state index in [4.69, 9.17) is 6.42 Å². The average molecular weight is 235 g/mol. The summed E-state index contributed by atoms with van der Waals surface area (Å²) in [7, 11) is 1.46. The molecule has 1 rings (SSSR count). The van der Waals surface area contributed by atoms with Crippen LogP contribution in [-0.2, 0) is 6.42 Å². The molecule has 0 amide bonds. The van der Waals surface area contributed by atoms with Gasteiger partial charge in [0.15, 0.2) is 0 Å². The molecule has 0 fully saturated rings. The molecule has 1 atom stereocenters. The predicted molar refractivity (Wildman–Crippen MR) is 64.8 cm³/mol. The summed E-state index contributed by atoms with van der Waals surface area (Å²) in [6, 6.07) is 9.02. The lowest BCUT2D eigenvalue weighted by molar-refractivity contribution is -0.225. The molecule has 0 aliphatic rings. The molecule has 0 heterocycles. The van der Waals surface area contributed by atoms with E-state index in [0.29, 0.717) is 6.42 Å². The van der Waals surface area contributed by atoms with Gasteiger partial charge in [0.2, 0.25) is 0 Å². The van der Waals surface area contributed by atoms with Gasteiger partial charge in [0.25, 0.3) is 5.91 Å². The highest BCUT2D eigenvalue weighted by Crippen LogP contribution is 2.13. The Morgan fingerprint density at radius 1 is 1.35 bits per heavy atom. The Bertz CT molecular complexity index is 383. The minimum absolute atomic E-state index is 0.212. The summed E-state index contributed by atoms with van der Waals surface area (Å²) in [6.45, 7) is -0.212. The van der Waals surface area contributed by atoms with Gasteiger partial charge >= 0.3 is 0 Å². The van der Waals surface area contributed by atoms with Crippen LogP contribution in [0.5, 0.6) is 0 Å². The summed E-state index contributed by atoms with van der Waals surface area (Å²) < 4.78 is 0. The molecule has 92 valence electrons. The van der Waals surface area contributed by atoms with Crippen molar-refractivity contribution in [1.29, 1.82) is 0 Å². The zero-order valence-electron chi connectivity index (χ0n) is 9.74. The van der Waals surface area contributed by atoms with Crippen LogP contribution in [0.1, 0.15) is 5.56 Å². The fourth-order valence-corrected chi connectivity index (χ4v) is 1.57. The van der Waals surface area contributed by atoms with E-state index >= 15 is 0 Å². The first-order valence-corrected chi connectivity index (χ1v) is 5.31. The zero-order valence-corrected chi connectivity index (χ0v) is 9.74. The number of rotatable bonds is 5. The van der Waals surface area contributed by atoms with Crippen molar-refractivity contribution in [2.24, 2.45) is 0 Å². The molecule has 0 saturated carbocycles. The highest BCUT2D eigenvalue weighted by atomic mass is 16.5. The molecule has 4 heteroatoms. The van der Waals surface area contributed by atoms with E-state index < -0.39 is 12.0 Å². The lowest BCUT2D eigenvalue weighted by Crippen LogP contribution is -2.52. The SMILES string of the molecule is C#CC(O)(O)N(C)[C@H](CO)Cc1ccccc1. The number of terminal acetylenes is 1. The topological polar surface area (TPSA) is 63.9 Å². The fraction of sp³-hybridized carbons (Fsp3) is 0.385. The van der Waals surface area contributed by atoms with Crippen LogP contribution in [-0.4, -0.2) is 45.8 Å². The standard InChI is InChI=1S/C13H17NO3/c1-3-13(16,17)14(2)12(10-15)9-11-7-5-4-6-8-11/h1,4-8,12,15-17H,9-10H2,2H3/t12-/m0/s1. The lowest BCUT2D eigenvalue weighted by Gasteiger charge is -2.33. The van der Waals surface area contributed by atoms with Crippen molar-refractivity contribution in [3.63, 3.8) is 0 Å². The fourth-order valence-electron chi connectivity index (χ4n) is 1.57. The number of aliphatic hydroxyl groups excluding tert-OH is 1. The summed E-state index contributed by atoms with van der Waals surface area (Å²) in [6.07, 6.45) is 5.50. The Morgan fingerprint density at radius 3 is 2.41 bits per heavy atom. The largest absolute Gasteiger partial charge is 0.395 e. The molecule has 1 aromatic rings. The summed E-state index contributed by atoms with van der Waals surface area (Å²) in [5, 5.41) is 28.3. The Morgan fingerprint density at radius 2 is 1.94 bits per heavy atom. The molecule has 0 aromatic heterocycles. The van der Waals surface area contributed by atoms with Gasteiger partial charge in [-0.25, -0.2) is 4.90 Å². The van der Waals surface area contributed by atoms with Crippen LogP contribution in [0, 0.1) is 12.3 Å². The van der Waals surface area contributed by atoms with Gasteiger partial charge in [0.05, 0.1) is 6.61 Å². The molecule has 17 heavy (non-hydrogen) atoms. The van der Waals surface area contributed by atoms with Crippen molar-refractivity contribution in [3.8, 4) is 12.3 Å². The molecule has 0 spiro atoms. The van der Waals surface area contributed by atoms with Crippen LogP contribution in [0.4, 0.5) is 0 Å². The molecule has 0 saturated heterocycles. The quantitative estimate of drug-likeness (QED) is 0.488. The van der Waals surface area contributed by atoms with Crippen LogP contribution >= 0.6 is 0 Å². The van der Waals surface area contributed by atoms with Gasteiger partial charge in [-0.1, -0.05) is 30.3 Å². The van der Waals surface area contributed by atoms with Crippen molar-refractivity contribution < 1.29 is 15.3 Å². The van der Waals surface area contributed by atoms with Crippen molar-refractivity contribution in [3.05, 3.63) is 35.9 Å². The first-order chi connectivity index (χ1) is 8.01. The normalized spacial score (nSPS) is 13.4. The van der Waals surface area contributed by atoms with Gasteiger partial charge in [-0.05, 0) is 25.0 Å². The van der Waals surface area contributed by atoms with Crippen LogP contribution in [0.2, 0.25) is 0 Å². The average Bonchev–Trinajstić information content (AvgIpc) is 2.36. The van der Waals surface area contributed by atoms with Crippen LogP contribution in [0.15, 0.2) is 30.3 Å². The van der Waals surface area contributed by atoms with Crippen LogP contribution < -0.4 is 0 Å². The molecule has 3 N–H and O–H groups in total. The number of likely N-dealkylation sites (N-methyl/N-ethyl adjacent to an activating group) is 1. The maximum Gasteiger partial charge on any atom is 0.293 e. The van der Waals surface area contributed by atoms with Gasteiger partial charge in [0, 0.05) is 6.04 Å². The lowest BCUT2D eigenvalue weighted by atomic mass is 10.1. The molecule has 0 aliphatic heterocycles. The summed E-state index contributed by atoms with van der Waals surface area (Å²) in [5.41, 5.74) is 0.992. The van der Waals surface area contributed by atoms with Crippen molar-refractivity contribution in [2.75, 3.05) is 13.7 Å². The maximum atomic E-state index is 9.51. The van der Waals surface area contributed by atoms with E-state index in [9.17, 15) is 15.3 Å². The maximum absolute atomic E-state index is 9.51. The highest BCUT2D eigenvalue weighted by Gasteiger charge is 2.31. The molecule has 1 aromatic carbocycles. The monoisotopic (exact) mass is 235 g/mol. The van der Waals surface area contributed by atoms with Crippen LogP contribution in [0.25, 0.3) is 0 Å². The van der Waals surface area contributed by atoms with E-state index in [1.54, 1.807) is 0 Å². The van der Waals surface area contributed by atoms with Crippen molar-refractivity contribution in [1.82, 2.24) is 4.90 Å². The number of nitrogens with zero attached hydrogens (tertiary/aromatic N) is 1. The third kappa shape index (κ3) is 3.55. The molecule has 4 nitrogen and oxygen atoms in total. The Kier molecular flexibility index (Phi) is 4.67. The van der Waals surface area contributed by atoms with Crippen molar-refractivity contribution >= 4 is 0 Å². The van der Waals surface area contributed by atoms with E-state index in [2.05, 4.69) is 0 Å². The molecular formula is C13H17NO3. The number of hydrogen-bond acceptors (Lipinski definition) is 4. The number of benzene rings is 1. The minimum Gasteiger partial charge on any atom is -0.395 e. The Balaban J connectivity index is 2.77. The third-order valence-electron chi connectivity index (χ3n) is 2.76. The second kappa shape index (κ2) is 5.80. The molecular weight excluding hydrogens is 218 g/mol. The number of hydrogen-bond donors (Lipinski definition) is 3. The van der Waals surface area contributed by atoms with E-state index in [1.165, 1.54) is 11.9 Å². The highest BCUT2D eigenvalue weighted by molar-refractivity contribution is 5.16. The van der Waals surface area contributed by atoms with E-state index in [1.807, 2.05) is 36.3 Å². The molecule has 0 aliphatic carbocycles. The molecule has 0 radical (unpaired) electrons. The Hall–Kier alpha value is -1.38. The Labute approximate surface area is 101 Å². The van der Waals surface area contributed by atoms with Gasteiger partial charge < -0.3 is 15.3 Å². The summed E-state index contributed by atoms with van der Waals surface area (Å²) in [4.78, 5) is 1.17. The smallest absolute Gasteiger partial charge is 0.293 e. The second-order valence-electron chi connectivity index (χ2n) is 3.92. The van der Waals surface area contributed by atoms with Crippen molar-refractivity contribution in [2.45, 2.75) is 18.4 Å². The second-order valence-corrected chi connectivity index (χ2v) is 3.92. The van der Waals surface area contributed by atoms with Gasteiger partial charge in [0.1, 0.15) is 0 Å². The predicted octanol–water partition coefficient (Wildman–Crippen LogP) is -0.207. The number of aliphatic hydroxyl groups is 3. The summed E-state index contributed by atoms with van der Waals surface area (Å²) in [5.74, 6) is -0.477. The third-order valence-corrected chi connectivity index (χ3v) is 2.76. The van der Waals surface area contributed by atoms with E-state index in [-0.39, 0.29) is 6.61 Å². The van der Waals surface area contributed by atoms with Gasteiger partial charge in [-0.15, -0.1) is 6.42 Å². The molecule has 0 bridgehead atoms. The summed E-state index contributed by atoms with van der Waals surface area (Å²) >= 11 is 0. The van der Waals surface area contributed by atoms with Crippen LogP contribution in [0.3, 0.4) is 0 Å². The first kappa shape index (κ1) is 13.7. The zero-order chi connectivity index (χ0) is 12.9. The van der Waals surface area contributed by atoms with Gasteiger partial charge in [-0.2, -0.15) is 0 Å². The van der Waals surface area contributed by atoms with Gasteiger partial charge in [-0.3, -0.25) is 0 Å². The minimum atomic E-state index is -2.35. The first-order valence-electron chi connectivity index (χ1n) is 5.31. The van der Waals surface area contributed by atoms with E-state index in [0.717, 1.165) is 5.56 Å².